The van der Waals surface area contributed by atoms with Gasteiger partial charge in [0.05, 0.1) is 0 Å². The Morgan fingerprint density at radius 3 is 2.38 bits per heavy atom. The van der Waals surface area contributed by atoms with Gasteiger partial charge in [-0.2, -0.15) is 13.2 Å². The summed E-state index contributed by atoms with van der Waals surface area (Å²) >= 11 is 0. The van der Waals surface area contributed by atoms with E-state index in [1.165, 1.54) is 0 Å². The molecule has 0 spiro atoms. The van der Waals surface area contributed by atoms with Crippen molar-refractivity contribution in [1.29, 1.82) is 0 Å². The van der Waals surface area contributed by atoms with Gasteiger partial charge >= 0.3 is 18.2 Å². The molecule has 2 N–H and O–H groups in total. The van der Waals surface area contributed by atoms with Crippen LogP contribution >= 0.6 is 0 Å². The lowest BCUT2D eigenvalue weighted by atomic mass is 9.79. The Kier molecular flexibility index (Phi) is 8.13. The van der Waals surface area contributed by atoms with E-state index in [0.717, 1.165) is 26.1 Å². The Bertz CT molecular complexity index is 970. The van der Waals surface area contributed by atoms with Crippen LogP contribution in [-0.2, 0) is 14.3 Å². The smallest absolute Gasteiger partial charge is 0.442 e. The number of benzene rings is 1. The van der Waals surface area contributed by atoms with E-state index < -0.39 is 23.7 Å². The molecular formula is C22H28F3N5O4. The first kappa shape index (κ1) is 25.5. The summed E-state index contributed by atoms with van der Waals surface area (Å²) in [6, 6.07) is 6.65. The average molecular weight is 483 g/mol. The lowest BCUT2D eigenvalue weighted by Crippen LogP contribution is -2.53. The van der Waals surface area contributed by atoms with Crippen LogP contribution in [0.25, 0.3) is 11.5 Å². The quantitative estimate of drug-likeness (QED) is 0.367. The summed E-state index contributed by atoms with van der Waals surface area (Å²) in [7, 11) is 0. The molecule has 1 aromatic heterocycles. The summed E-state index contributed by atoms with van der Waals surface area (Å²) in [4.78, 5) is 26.1. The normalized spacial score (nSPS) is 15.0. The Hall–Kier alpha value is -3.15. The van der Waals surface area contributed by atoms with Crippen LogP contribution in [0.15, 0.2) is 28.7 Å². The molecule has 1 heterocycles. The fraction of sp³-hybridized carbons (Fsp3) is 0.545. The number of halogens is 3. The summed E-state index contributed by atoms with van der Waals surface area (Å²) in [5, 5.41) is 13.6. The van der Waals surface area contributed by atoms with Gasteiger partial charge in [0, 0.05) is 17.8 Å². The summed E-state index contributed by atoms with van der Waals surface area (Å²) in [5.74, 6) is -2.89. The molecule has 1 amide bonds. The molecule has 12 heteroatoms. The van der Waals surface area contributed by atoms with E-state index in [2.05, 4.69) is 44.3 Å². The van der Waals surface area contributed by atoms with Crippen molar-refractivity contribution in [3.63, 3.8) is 0 Å². The first-order valence-electron chi connectivity index (χ1n) is 11.2. The highest BCUT2D eigenvalue weighted by Gasteiger charge is 2.53. The molecule has 1 saturated carbocycles. The van der Waals surface area contributed by atoms with Crippen molar-refractivity contribution in [2.24, 2.45) is 0 Å². The van der Waals surface area contributed by atoms with E-state index in [1.54, 1.807) is 24.3 Å². The van der Waals surface area contributed by atoms with E-state index in [9.17, 15) is 22.8 Å². The number of anilines is 2. The van der Waals surface area contributed by atoms with Gasteiger partial charge < -0.3 is 24.7 Å². The molecule has 0 atom stereocenters. The first-order valence-corrected chi connectivity index (χ1v) is 11.2. The minimum Gasteiger partial charge on any atom is -0.442 e. The third-order valence-electron chi connectivity index (χ3n) is 5.73. The van der Waals surface area contributed by atoms with Gasteiger partial charge in [-0.05, 0) is 69.6 Å². The van der Waals surface area contributed by atoms with Gasteiger partial charge in [-0.25, -0.2) is 4.79 Å². The molecule has 0 unspecified atom stereocenters. The fourth-order valence-electron chi connectivity index (χ4n) is 3.50. The van der Waals surface area contributed by atoms with Crippen LogP contribution in [0.3, 0.4) is 0 Å². The van der Waals surface area contributed by atoms with Gasteiger partial charge in [0.15, 0.2) is 5.60 Å². The fourth-order valence-corrected chi connectivity index (χ4v) is 3.50. The van der Waals surface area contributed by atoms with Gasteiger partial charge in [0.2, 0.25) is 5.89 Å². The molecule has 34 heavy (non-hydrogen) atoms. The second-order valence-electron chi connectivity index (χ2n) is 7.99. The van der Waals surface area contributed by atoms with Gasteiger partial charge in [0.1, 0.15) is 0 Å². The van der Waals surface area contributed by atoms with Gasteiger partial charge in [-0.1, -0.05) is 18.9 Å². The van der Waals surface area contributed by atoms with Crippen molar-refractivity contribution in [2.45, 2.75) is 51.3 Å². The number of carbonyl (C=O) groups is 2. The molecule has 2 aromatic rings. The topological polar surface area (TPSA) is 110 Å². The monoisotopic (exact) mass is 483 g/mol. The second kappa shape index (κ2) is 10.9. The maximum Gasteiger partial charge on any atom is 0.490 e. The van der Waals surface area contributed by atoms with E-state index in [4.69, 9.17) is 4.42 Å². The number of carbonyl (C=O) groups excluding carboxylic acids is 2. The number of nitrogens with zero attached hydrogens (tertiary/aromatic N) is 3. The molecule has 0 aliphatic heterocycles. The number of aromatic nitrogens is 2. The largest absolute Gasteiger partial charge is 0.490 e. The van der Waals surface area contributed by atoms with Crippen LogP contribution in [0.2, 0.25) is 0 Å². The van der Waals surface area contributed by atoms with Crippen molar-refractivity contribution in [2.75, 3.05) is 36.8 Å². The lowest BCUT2D eigenvalue weighted by molar-refractivity contribution is -0.219. The molecule has 9 nitrogen and oxygen atoms in total. The highest BCUT2D eigenvalue weighted by Crippen LogP contribution is 2.38. The number of hydrogen-bond acceptors (Lipinski definition) is 8. The van der Waals surface area contributed by atoms with Crippen LogP contribution in [0.5, 0.6) is 0 Å². The molecule has 3 rings (SSSR count). The lowest BCUT2D eigenvalue weighted by Gasteiger charge is -2.39. The Labute approximate surface area is 195 Å². The van der Waals surface area contributed by atoms with Gasteiger partial charge in [-0.15, -0.1) is 5.10 Å². The predicted octanol–water partition coefficient (Wildman–Crippen LogP) is 3.85. The summed E-state index contributed by atoms with van der Waals surface area (Å²) in [5.41, 5.74) is -0.871. The maximum atomic E-state index is 12.6. The number of amides is 1. The number of esters is 1. The Morgan fingerprint density at radius 2 is 1.82 bits per heavy atom. The number of rotatable bonds is 11. The summed E-state index contributed by atoms with van der Waals surface area (Å²) in [6.07, 6.45) is -3.68. The summed E-state index contributed by atoms with van der Waals surface area (Å²) in [6.45, 7) is 7.88. The Morgan fingerprint density at radius 1 is 1.15 bits per heavy atom. The number of alkyl halides is 3. The molecule has 1 aromatic carbocycles. The van der Waals surface area contributed by atoms with E-state index in [0.29, 0.717) is 30.2 Å². The van der Waals surface area contributed by atoms with Crippen LogP contribution < -0.4 is 10.6 Å². The maximum absolute atomic E-state index is 12.6. The average Bonchev–Trinajstić information content (AvgIpc) is 3.25. The molecule has 0 bridgehead atoms. The standard InChI is InChI=1S/C22H28F3N5O4/c1-3-30(4-2)14-6-13-26-20-29-28-17(33-20)15-7-9-16(10-8-15)27-18(31)21(11-5-12-21)34-19(32)22(23,24)25/h7-10H,3-6,11-14H2,1-2H3,(H,26,29)(H,27,31). The molecule has 1 aliphatic rings. The highest BCUT2D eigenvalue weighted by atomic mass is 19.4. The zero-order valence-electron chi connectivity index (χ0n) is 19.1. The molecule has 0 radical (unpaired) electrons. The SMILES string of the molecule is CCN(CC)CCCNc1nnc(-c2ccc(NC(=O)C3(OC(=O)C(F)(F)F)CCC3)cc2)o1. The van der Waals surface area contributed by atoms with Crippen LogP contribution in [-0.4, -0.2) is 64.9 Å². The molecule has 1 aliphatic carbocycles. The minimum absolute atomic E-state index is 0.0332. The predicted molar refractivity (Wildman–Crippen MR) is 118 cm³/mol. The van der Waals surface area contributed by atoms with E-state index >= 15 is 0 Å². The number of ether oxygens (including phenoxy) is 1. The minimum atomic E-state index is -5.16. The molecular weight excluding hydrogens is 455 g/mol. The van der Waals surface area contributed by atoms with Crippen molar-refractivity contribution in [3.05, 3.63) is 24.3 Å². The van der Waals surface area contributed by atoms with E-state index in [1.807, 2.05) is 0 Å². The van der Waals surface area contributed by atoms with Crippen LogP contribution in [0.1, 0.15) is 39.5 Å². The molecule has 186 valence electrons. The third kappa shape index (κ3) is 6.25. The number of hydrogen-bond donors (Lipinski definition) is 2. The highest BCUT2D eigenvalue weighted by molar-refractivity contribution is 5.99. The van der Waals surface area contributed by atoms with Crippen molar-refractivity contribution < 1.29 is 31.9 Å². The zero-order valence-corrected chi connectivity index (χ0v) is 19.1. The molecule has 0 saturated heterocycles. The molecule has 1 fully saturated rings. The van der Waals surface area contributed by atoms with Gasteiger partial charge in [-0.3, -0.25) is 4.79 Å². The Balaban J connectivity index is 1.54. The van der Waals surface area contributed by atoms with Crippen molar-refractivity contribution in [3.8, 4) is 11.5 Å². The summed E-state index contributed by atoms with van der Waals surface area (Å²) < 4.78 is 47.8. The van der Waals surface area contributed by atoms with Crippen molar-refractivity contribution >= 4 is 23.6 Å². The van der Waals surface area contributed by atoms with Crippen LogP contribution in [0, 0.1) is 0 Å². The first-order chi connectivity index (χ1) is 16.2. The van der Waals surface area contributed by atoms with E-state index in [-0.39, 0.29) is 18.7 Å². The van der Waals surface area contributed by atoms with Gasteiger partial charge in [0.25, 0.3) is 5.91 Å². The zero-order chi connectivity index (χ0) is 24.8. The van der Waals surface area contributed by atoms with Crippen LogP contribution in [0.4, 0.5) is 24.9 Å². The second-order valence-corrected chi connectivity index (χ2v) is 7.99. The third-order valence-corrected chi connectivity index (χ3v) is 5.73. The van der Waals surface area contributed by atoms with Crippen molar-refractivity contribution in [1.82, 2.24) is 15.1 Å². The number of nitrogens with one attached hydrogen (secondary N) is 2.